The van der Waals surface area contributed by atoms with Crippen LogP contribution in [0, 0.1) is 0 Å². The number of anilines is 3. The van der Waals surface area contributed by atoms with Gasteiger partial charge in [0.1, 0.15) is 7.85 Å². The van der Waals surface area contributed by atoms with Gasteiger partial charge in [-0.1, -0.05) is 163 Å². The second-order valence-electron chi connectivity index (χ2n) is 16.5. The molecule has 2 nitrogen and oxygen atoms in total. The van der Waals surface area contributed by atoms with Crippen LogP contribution in [0.4, 0.5) is 17.1 Å². The number of benzene rings is 6. The highest BCUT2D eigenvalue weighted by Gasteiger charge is 2.49. The maximum atomic E-state index is 7.14. The lowest BCUT2D eigenvalue weighted by molar-refractivity contribution is 0.666. The molecule has 58 heavy (non-hydrogen) atoms. The first-order chi connectivity index (χ1) is 28.6. The summed E-state index contributed by atoms with van der Waals surface area (Å²) in [5.41, 5.74) is 31.5. The molecule has 2 N–H and O–H groups in total. The third-order valence-electron chi connectivity index (χ3n) is 13.3. The molecule has 6 aromatic carbocycles. The molecule has 0 saturated carbocycles. The lowest BCUT2D eigenvalue weighted by atomic mass is 9.60. The highest BCUT2D eigenvalue weighted by molar-refractivity contribution is 6.25. The van der Waals surface area contributed by atoms with Crippen molar-refractivity contribution in [1.82, 2.24) is 0 Å². The summed E-state index contributed by atoms with van der Waals surface area (Å²) in [6.45, 7) is 4.81. The summed E-state index contributed by atoms with van der Waals surface area (Å²) in [6.07, 6.45) is 19.7. The number of hydrogen-bond acceptors (Lipinski definition) is 2. The Balaban J connectivity index is 1.35. The van der Waals surface area contributed by atoms with E-state index in [4.69, 9.17) is 12.3 Å². The maximum Gasteiger partial charge on any atom is 0.141 e. The maximum absolute atomic E-state index is 7.14. The number of hydrogen-bond donors (Lipinski definition) is 1. The molecule has 0 bridgehead atoms. The Morgan fingerprint density at radius 2 is 1.43 bits per heavy atom. The zero-order valence-corrected chi connectivity index (χ0v) is 33.1. The van der Waals surface area contributed by atoms with E-state index < -0.39 is 5.41 Å². The van der Waals surface area contributed by atoms with E-state index in [1.54, 1.807) is 0 Å². The minimum atomic E-state index is -0.540. The van der Waals surface area contributed by atoms with E-state index in [1.807, 2.05) is 0 Å². The van der Waals surface area contributed by atoms with Gasteiger partial charge >= 0.3 is 0 Å². The molecule has 0 saturated heterocycles. The quantitative estimate of drug-likeness (QED) is 0.144. The van der Waals surface area contributed by atoms with Gasteiger partial charge in [0.05, 0.1) is 16.8 Å². The van der Waals surface area contributed by atoms with Crippen molar-refractivity contribution in [3.05, 3.63) is 231 Å². The Bertz CT molecular complexity index is 2880. The summed E-state index contributed by atoms with van der Waals surface area (Å²) in [4.78, 5) is 2.62. The first-order valence-electron chi connectivity index (χ1n) is 20.9. The molecule has 3 aliphatic carbocycles. The third kappa shape index (κ3) is 4.99. The largest absolute Gasteiger partial charge is 0.398 e. The monoisotopic (exact) mass is 744 g/mol. The number of allylic oxidation sites excluding steroid dienone is 9. The van der Waals surface area contributed by atoms with Crippen molar-refractivity contribution in [2.45, 2.75) is 43.9 Å². The fourth-order valence-corrected chi connectivity index (χ4v) is 11.0. The van der Waals surface area contributed by atoms with E-state index in [1.165, 1.54) is 101 Å². The van der Waals surface area contributed by atoms with Crippen LogP contribution in [0.15, 0.2) is 187 Å². The lowest BCUT2D eigenvalue weighted by Crippen LogP contribution is -2.40. The number of rotatable bonds is 4. The van der Waals surface area contributed by atoms with E-state index in [0.717, 1.165) is 49.7 Å². The normalized spacial score (nSPS) is 20.7. The summed E-state index contributed by atoms with van der Waals surface area (Å²) in [6, 6.07) is 47.8. The zero-order valence-electron chi connectivity index (χ0n) is 33.1. The molecule has 5 aliphatic rings. The Morgan fingerprint density at radius 1 is 0.690 bits per heavy atom. The van der Waals surface area contributed by atoms with Crippen molar-refractivity contribution < 1.29 is 0 Å². The fourth-order valence-electron chi connectivity index (χ4n) is 11.0. The van der Waals surface area contributed by atoms with Crippen LogP contribution in [0.2, 0.25) is 0 Å². The molecule has 0 amide bonds. The fraction of sp³-hybridized carbons (Fsp3) is 0.127. The van der Waals surface area contributed by atoms with Crippen molar-refractivity contribution in [2.24, 2.45) is 0 Å². The van der Waals surface area contributed by atoms with Crippen LogP contribution in [0.5, 0.6) is 0 Å². The van der Waals surface area contributed by atoms with Gasteiger partial charge in [-0.2, -0.15) is 0 Å². The molecular weight excluding hydrogens is 699 g/mol. The number of nitrogens with zero attached hydrogens (tertiary/aromatic N) is 1. The van der Waals surface area contributed by atoms with E-state index >= 15 is 0 Å². The summed E-state index contributed by atoms with van der Waals surface area (Å²) in [5, 5.41) is 0. The summed E-state index contributed by atoms with van der Waals surface area (Å²) < 4.78 is 0. The van der Waals surface area contributed by atoms with Crippen LogP contribution in [-0.4, -0.2) is 7.85 Å². The molecule has 2 heterocycles. The Kier molecular flexibility index (Phi) is 8.08. The number of fused-ring (bicyclic) bond motifs is 8. The Labute approximate surface area is 343 Å². The van der Waals surface area contributed by atoms with Gasteiger partial charge in [0.15, 0.2) is 0 Å². The molecule has 1 atom stereocenters. The molecule has 0 aromatic heterocycles. The topological polar surface area (TPSA) is 29.3 Å². The van der Waals surface area contributed by atoms with Gasteiger partial charge in [0, 0.05) is 28.9 Å². The average molecular weight is 745 g/mol. The number of nitrogen functional groups attached to an aromatic ring is 1. The van der Waals surface area contributed by atoms with Crippen molar-refractivity contribution in [1.29, 1.82) is 0 Å². The van der Waals surface area contributed by atoms with Crippen molar-refractivity contribution in [3.63, 3.8) is 0 Å². The molecule has 6 aromatic rings. The molecule has 278 valence electrons. The van der Waals surface area contributed by atoms with E-state index in [0.29, 0.717) is 0 Å². The molecule has 3 heteroatoms. The standard InChI is InChI=1S/C55H45BN2/c1-35(56)53-46-34-38-17-9-10-23-41(38)43(46)32-30-37-18-14-25-44(52-42-24-11-8-16-36(42)31-33-49(52)57)51(37)45-26-15-28-48-54(45)58(53)50-29-13-12-27-47(50)55(48,39-19-4-2-5-20-39)40-21-6-3-7-22-40/h2-6,8-10,12-21,23,25-29,31-33H,1,7,11,22,24,30,34,56-57H2/b43-32-,53-46+. The van der Waals surface area contributed by atoms with Crippen molar-refractivity contribution in [3.8, 4) is 22.3 Å². The average Bonchev–Trinajstić information content (AvgIpc) is 3.63. The van der Waals surface area contributed by atoms with Crippen LogP contribution >= 0.6 is 0 Å². The predicted octanol–water partition coefficient (Wildman–Crippen LogP) is 12.2. The van der Waals surface area contributed by atoms with E-state index in [-0.39, 0.29) is 0 Å². The van der Waals surface area contributed by atoms with Crippen LogP contribution in [0.25, 0.3) is 33.9 Å². The predicted molar refractivity (Wildman–Crippen MR) is 247 cm³/mol. The Hall–Kier alpha value is -6.58. The molecule has 0 radical (unpaired) electrons. The molecule has 0 fully saturated rings. The van der Waals surface area contributed by atoms with Gasteiger partial charge in [-0.3, -0.25) is 0 Å². The van der Waals surface area contributed by atoms with Gasteiger partial charge in [-0.15, -0.1) is 6.58 Å². The highest BCUT2D eigenvalue weighted by atomic mass is 15.2. The molecular formula is C55H45BN2. The van der Waals surface area contributed by atoms with Crippen LogP contribution in [0.1, 0.15) is 63.8 Å². The summed E-state index contributed by atoms with van der Waals surface area (Å²) in [5.74, 6) is 0. The molecule has 11 rings (SSSR count). The number of nitrogens with two attached hydrogens (primary N) is 1. The summed E-state index contributed by atoms with van der Waals surface area (Å²) >= 11 is 0. The summed E-state index contributed by atoms with van der Waals surface area (Å²) in [7, 11) is 2.21. The van der Waals surface area contributed by atoms with Crippen molar-refractivity contribution in [2.75, 3.05) is 10.6 Å². The third-order valence-corrected chi connectivity index (χ3v) is 13.3. The lowest BCUT2D eigenvalue weighted by Gasteiger charge is -2.49. The van der Waals surface area contributed by atoms with Gasteiger partial charge < -0.3 is 10.6 Å². The second kappa shape index (κ2) is 13.5. The van der Waals surface area contributed by atoms with Crippen LogP contribution in [-0.2, 0) is 24.7 Å². The molecule has 0 spiro atoms. The number of para-hydroxylation sites is 2. The van der Waals surface area contributed by atoms with Crippen molar-refractivity contribution >= 4 is 36.6 Å². The van der Waals surface area contributed by atoms with Gasteiger partial charge in [-0.05, 0) is 111 Å². The first kappa shape index (κ1) is 34.7. The zero-order chi connectivity index (χ0) is 39.0. The molecule has 1 unspecified atom stereocenters. The minimum Gasteiger partial charge on any atom is -0.398 e. The minimum absolute atomic E-state index is 0.540. The van der Waals surface area contributed by atoms with Gasteiger partial charge in [0.25, 0.3) is 0 Å². The Morgan fingerprint density at radius 3 is 2.29 bits per heavy atom. The van der Waals surface area contributed by atoms with Gasteiger partial charge in [-0.25, -0.2) is 0 Å². The second-order valence-corrected chi connectivity index (χ2v) is 16.5. The van der Waals surface area contributed by atoms with E-state index in [9.17, 15) is 0 Å². The van der Waals surface area contributed by atoms with E-state index in [2.05, 4.69) is 177 Å². The SMILES string of the molecule is BC(=C)/C1=C2/Cc3ccccc3/C2=C/Cc2cccc(-c3c(N)ccc4c3CCC=C4)c2-c2cccc3c2N1c1ccccc1C3(C1=CC=CCC1)c1ccccc1. The smallest absolute Gasteiger partial charge is 0.141 e. The highest BCUT2D eigenvalue weighted by Crippen LogP contribution is 2.62. The van der Waals surface area contributed by atoms with Crippen LogP contribution < -0.4 is 10.6 Å². The van der Waals surface area contributed by atoms with Gasteiger partial charge in [0.2, 0.25) is 0 Å². The van der Waals surface area contributed by atoms with Crippen LogP contribution in [0.3, 0.4) is 0 Å². The molecule has 2 aliphatic heterocycles. The first-order valence-corrected chi connectivity index (χ1v) is 20.9.